The molecule has 0 heterocycles. The Morgan fingerprint density at radius 1 is 0.879 bits per heavy atom. The van der Waals surface area contributed by atoms with Gasteiger partial charge in [0.05, 0.1) is 7.11 Å². The van der Waals surface area contributed by atoms with Crippen LogP contribution in [0, 0.1) is 12.8 Å². The molecule has 1 unspecified atom stereocenters. The van der Waals surface area contributed by atoms with Gasteiger partial charge < -0.3 is 15.0 Å². The average Bonchev–Trinajstić information content (AvgIpc) is 2.84. The zero-order valence-corrected chi connectivity index (χ0v) is 19.7. The third kappa shape index (κ3) is 6.45. The maximum atomic E-state index is 13.5. The maximum Gasteiger partial charge on any atom is 0.247 e. The summed E-state index contributed by atoms with van der Waals surface area (Å²) in [5.41, 5.74) is 3.89. The van der Waals surface area contributed by atoms with Crippen LogP contribution in [-0.2, 0) is 22.7 Å². The zero-order chi connectivity index (χ0) is 23.8. The summed E-state index contributed by atoms with van der Waals surface area (Å²) in [6, 6.07) is 24.3. The Labute approximate surface area is 196 Å². The van der Waals surface area contributed by atoms with Crippen LogP contribution in [0.1, 0.15) is 42.1 Å². The fraction of sp³-hybridized carbons (Fsp3) is 0.286. The van der Waals surface area contributed by atoms with Crippen LogP contribution in [0.2, 0.25) is 0 Å². The molecule has 0 aliphatic rings. The molecular formula is C28H32N2O3. The molecule has 3 aromatic rings. The highest BCUT2D eigenvalue weighted by molar-refractivity contribution is 5.89. The van der Waals surface area contributed by atoms with E-state index >= 15 is 0 Å². The molecule has 172 valence electrons. The number of rotatable bonds is 9. The third-order valence-corrected chi connectivity index (χ3v) is 5.55. The monoisotopic (exact) mass is 444 g/mol. The predicted octanol–water partition coefficient (Wildman–Crippen LogP) is 5.05. The number of benzene rings is 3. The van der Waals surface area contributed by atoms with Crippen molar-refractivity contribution in [2.24, 2.45) is 5.92 Å². The molecule has 0 aliphatic carbocycles. The summed E-state index contributed by atoms with van der Waals surface area (Å²) in [6.45, 7) is 6.46. The van der Waals surface area contributed by atoms with Crippen LogP contribution in [-0.4, -0.2) is 23.8 Å². The van der Waals surface area contributed by atoms with Gasteiger partial charge in [0.25, 0.3) is 0 Å². The largest absolute Gasteiger partial charge is 0.497 e. The van der Waals surface area contributed by atoms with E-state index in [-0.39, 0.29) is 17.7 Å². The number of methoxy groups -OCH3 is 1. The molecule has 0 saturated carbocycles. The molecule has 5 heteroatoms. The van der Waals surface area contributed by atoms with Crippen LogP contribution in [0.5, 0.6) is 5.75 Å². The van der Waals surface area contributed by atoms with Gasteiger partial charge in [0.15, 0.2) is 0 Å². The predicted molar refractivity (Wildman–Crippen MR) is 131 cm³/mol. The molecule has 2 amide bonds. The van der Waals surface area contributed by atoms with Crippen molar-refractivity contribution in [2.75, 3.05) is 7.11 Å². The van der Waals surface area contributed by atoms with E-state index in [9.17, 15) is 9.59 Å². The van der Waals surface area contributed by atoms with Gasteiger partial charge in [0, 0.05) is 19.0 Å². The van der Waals surface area contributed by atoms with Crippen LogP contribution in [0.25, 0.3) is 0 Å². The van der Waals surface area contributed by atoms with Gasteiger partial charge in [0.2, 0.25) is 11.8 Å². The summed E-state index contributed by atoms with van der Waals surface area (Å²) in [5.74, 6) is 0.213. The van der Waals surface area contributed by atoms with Crippen LogP contribution in [0.4, 0.5) is 0 Å². The summed E-state index contributed by atoms with van der Waals surface area (Å²) < 4.78 is 5.25. The van der Waals surface area contributed by atoms with Gasteiger partial charge in [-0.15, -0.1) is 0 Å². The van der Waals surface area contributed by atoms with Crippen molar-refractivity contribution in [3.63, 3.8) is 0 Å². The first-order valence-electron chi connectivity index (χ1n) is 11.2. The standard InChI is InChI=1S/C28H32N2O3/c1-20(2)28(32)30(19-23-14-16-25(33-4)17-15-23)26(24-8-6-5-7-9-24)27(31)29-18-22-12-10-21(3)11-13-22/h5-17,20,26H,18-19H2,1-4H3,(H,29,31). The van der Waals surface area contributed by atoms with Gasteiger partial charge in [-0.25, -0.2) is 0 Å². The highest BCUT2D eigenvalue weighted by Gasteiger charge is 2.32. The Kier molecular flexibility index (Phi) is 8.25. The molecule has 3 rings (SSSR count). The van der Waals surface area contributed by atoms with E-state index in [0.717, 1.165) is 22.4 Å². The quantitative estimate of drug-likeness (QED) is 0.503. The second-order valence-electron chi connectivity index (χ2n) is 8.49. The lowest BCUT2D eigenvalue weighted by molar-refractivity contribution is -0.144. The van der Waals surface area contributed by atoms with Crippen LogP contribution >= 0.6 is 0 Å². The highest BCUT2D eigenvalue weighted by Crippen LogP contribution is 2.26. The van der Waals surface area contributed by atoms with Gasteiger partial charge in [-0.2, -0.15) is 0 Å². The van der Waals surface area contributed by atoms with Crippen LogP contribution in [0.3, 0.4) is 0 Å². The Bertz CT molecular complexity index is 1040. The number of carbonyl (C=O) groups excluding carboxylic acids is 2. The van der Waals surface area contributed by atoms with E-state index in [0.29, 0.717) is 13.1 Å². The Morgan fingerprint density at radius 3 is 2.06 bits per heavy atom. The first kappa shape index (κ1) is 24.1. The summed E-state index contributed by atoms with van der Waals surface area (Å²) in [4.78, 5) is 28.5. The number of ether oxygens (including phenoxy) is 1. The summed E-state index contributed by atoms with van der Waals surface area (Å²) in [7, 11) is 1.62. The number of aryl methyl sites for hydroxylation is 1. The van der Waals surface area contributed by atoms with Crippen molar-refractivity contribution in [3.8, 4) is 5.75 Å². The number of amides is 2. The second kappa shape index (κ2) is 11.3. The lowest BCUT2D eigenvalue weighted by Gasteiger charge is -2.33. The molecule has 0 radical (unpaired) electrons. The Balaban J connectivity index is 1.91. The molecule has 0 fully saturated rings. The second-order valence-corrected chi connectivity index (χ2v) is 8.49. The lowest BCUT2D eigenvalue weighted by Crippen LogP contribution is -2.44. The van der Waals surface area contributed by atoms with E-state index in [2.05, 4.69) is 5.32 Å². The summed E-state index contributed by atoms with van der Waals surface area (Å²) >= 11 is 0. The Morgan fingerprint density at radius 2 is 1.48 bits per heavy atom. The molecular weight excluding hydrogens is 412 g/mol. The minimum absolute atomic E-state index is 0.0786. The number of nitrogens with one attached hydrogen (secondary N) is 1. The molecule has 0 aliphatic heterocycles. The van der Waals surface area contributed by atoms with E-state index < -0.39 is 6.04 Å². The van der Waals surface area contributed by atoms with Crippen molar-refractivity contribution in [2.45, 2.75) is 39.9 Å². The van der Waals surface area contributed by atoms with Gasteiger partial charge >= 0.3 is 0 Å². The van der Waals surface area contributed by atoms with Gasteiger partial charge in [-0.3, -0.25) is 9.59 Å². The molecule has 0 saturated heterocycles. The van der Waals surface area contributed by atoms with Gasteiger partial charge in [-0.1, -0.05) is 86.1 Å². The molecule has 5 nitrogen and oxygen atoms in total. The summed E-state index contributed by atoms with van der Waals surface area (Å²) in [6.07, 6.45) is 0. The van der Waals surface area contributed by atoms with E-state index in [4.69, 9.17) is 4.74 Å². The van der Waals surface area contributed by atoms with E-state index in [1.54, 1.807) is 12.0 Å². The third-order valence-electron chi connectivity index (χ3n) is 5.55. The minimum Gasteiger partial charge on any atom is -0.497 e. The molecule has 1 N–H and O–H groups in total. The molecule has 1 atom stereocenters. The molecule has 3 aromatic carbocycles. The van der Waals surface area contributed by atoms with Crippen molar-refractivity contribution in [3.05, 3.63) is 101 Å². The van der Waals surface area contributed by atoms with Crippen LogP contribution in [0.15, 0.2) is 78.9 Å². The molecule has 33 heavy (non-hydrogen) atoms. The number of nitrogens with zero attached hydrogens (tertiary/aromatic N) is 1. The van der Waals surface area contributed by atoms with E-state index in [1.807, 2.05) is 99.6 Å². The number of hydrogen-bond acceptors (Lipinski definition) is 3. The lowest BCUT2D eigenvalue weighted by atomic mass is 10.0. The first-order chi connectivity index (χ1) is 15.9. The SMILES string of the molecule is COc1ccc(CN(C(=O)C(C)C)C(C(=O)NCc2ccc(C)cc2)c2ccccc2)cc1. The zero-order valence-electron chi connectivity index (χ0n) is 19.7. The fourth-order valence-electron chi connectivity index (χ4n) is 3.66. The molecule has 0 aromatic heterocycles. The van der Waals surface area contributed by atoms with Crippen molar-refractivity contribution < 1.29 is 14.3 Å². The maximum absolute atomic E-state index is 13.5. The highest BCUT2D eigenvalue weighted by atomic mass is 16.5. The normalized spacial score (nSPS) is 11.7. The average molecular weight is 445 g/mol. The van der Waals surface area contributed by atoms with Gasteiger partial charge in [-0.05, 0) is 35.7 Å². The number of hydrogen-bond donors (Lipinski definition) is 1. The number of carbonyl (C=O) groups is 2. The van der Waals surface area contributed by atoms with Crippen LogP contribution < -0.4 is 10.1 Å². The minimum atomic E-state index is -0.742. The smallest absolute Gasteiger partial charge is 0.247 e. The van der Waals surface area contributed by atoms with Gasteiger partial charge in [0.1, 0.15) is 11.8 Å². The van der Waals surface area contributed by atoms with Crippen molar-refractivity contribution >= 4 is 11.8 Å². The van der Waals surface area contributed by atoms with Crippen molar-refractivity contribution in [1.82, 2.24) is 10.2 Å². The molecule has 0 spiro atoms. The summed E-state index contributed by atoms with van der Waals surface area (Å²) in [5, 5.41) is 3.04. The Hall–Kier alpha value is -3.60. The van der Waals surface area contributed by atoms with E-state index in [1.165, 1.54) is 5.56 Å². The topological polar surface area (TPSA) is 58.6 Å². The van der Waals surface area contributed by atoms with Crippen molar-refractivity contribution in [1.29, 1.82) is 0 Å². The molecule has 0 bridgehead atoms. The fourth-order valence-corrected chi connectivity index (χ4v) is 3.66. The first-order valence-corrected chi connectivity index (χ1v) is 11.2.